The van der Waals surface area contributed by atoms with Gasteiger partial charge in [-0.25, -0.2) is 0 Å². The van der Waals surface area contributed by atoms with E-state index < -0.39 is 3.79 Å². The smallest absolute Gasteiger partial charge is 0.218 e. The summed E-state index contributed by atoms with van der Waals surface area (Å²) in [7, 11) is 0. The summed E-state index contributed by atoms with van der Waals surface area (Å²) >= 11 is 17.1. The summed E-state index contributed by atoms with van der Waals surface area (Å²) in [5.74, 6) is -0.279. The van der Waals surface area contributed by atoms with Crippen LogP contribution in [-0.4, -0.2) is 16.0 Å². The van der Waals surface area contributed by atoms with E-state index in [1.165, 1.54) is 13.0 Å². The molecule has 0 saturated heterocycles. The summed E-state index contributed by atoms with van der Waals surface area (Å²) in [5, 5.41) is 7.42. The molecule has 0 bridgehead atoms. The topological polar surface area (TPSA) is 42.9 Å². The van der Waals surface area contributed by atoms with E-state index in [9.17, 15) is 4.79 Å². The van der Waals surface area contributed by atoms with Gasteiger partial charge in [0.05, 0.1) is 5.69 Å². The molecule has 0 aliphatic rings. The van der Waals surface area contributed by atoms with Crippen molar-refractivity contribution < 1.29 is 4.79 Å². The van der Waals surface area contributed by atoms with Crippen molar-refractivity contribution in [2.45, 2.75) is 17.6 Å². The Morgan fingerprint density at radius 1 is 1.36 bits per heavy atom. The van der Waals surface area contributed by atoms with Crippen LogP contribution >= 0.6 is 34.8 Å². The highest BCUT2D eigenvalue weighted by molar-refractivity contribution is 6.67. The molecule has 14 heavy (non-hydrogen) atoms. The molecule has 0 N–H and O–H groups in total. The largest absolute Gasteiger partial charge is 0.293 e. The van der Waals surface area contributed by atoms with E-state index in [1.54, 1.807) is 6.92 Å². The lowest BCUT2D eigenvalue weighted by atomic mass is 10.1. The average molecular weight is 254 g/mol. The number of aromatic nitrogens is 2. The lowest BCUT2D eigenvalue weighted by molar-refractivity contribution is 0.101. The Balaban J connectivity index is 3.38. The first-order chi connectivity index (χ1) is 6.32. The van der Waals surface area contributed by atoms with Crippen molar-refractivity contribution in [3.8, 4) is 0 Å². The number of ketones is 1. The van der Waals surface area contributed by atoms with E-state index >= 15 is 0 Å². The first kappa shape index (κ1) is 11.7. The van der Waals surface area contributed by atoms with Crippen LogP contribution in [0.1, 0.15) is 28.7 Å². The predicted octanol–water partition coefficient (Wildman–Crippen LogP) is 2.81. The van der Waals surface area contributed by atoms with Gasteiger partial charge in [0.25, 0.3) is 0 Å². The third kappa shape index (κ3) is 2.56. The van der Waals surface area contributed by atoms with E-state index in [4.69, 9.17) is 34.8 Å². The van der Waals surface area contributed by atoms with Crippen LogP contribution < -0.4 is 0 Å². The Hall–Kier alpha value is -0.380. The first-order valence-electron chi connectivity index (χ1n) is 3.75. The minimum atomic E-state index is -1.65. The van der Waals surface area contributed by atoms with Gasteiger partial charge in [0.15, 0.2) is 5.78 Å². The maximum atomic E-state index is 11.1. The molecule has 0 fully saturated rings. The van der Waals surface area contributed by atoms with E-state index in [2.05, 4.69) is 10.2 Å². The number of rotatable bonds is 1. The zero-order chi connectivity index (χ0) is 10.9. The number of Topliss-reactive ketones (excluding diaryl/α,β-unsaturated/α-hetero) is 1. The van der Waals surface area contributed by atoms with Crippen molar-refractivity contribution in [1.82, 2.24) is 10.2 Å². The molecule has 0 spiro atoms. The molecular weight excluding hydrogens is 246 g/mol. The van der Waals surface area contributed by atoms with Crippen LogP contribution in [-0.2, 0) is 3.79 Å². The second kappa shape index (κ2) is 4.01. The molecule has 1 aromatic rings. The summed E-state index contributed by atoms with van der Waals surface area (Å²) in [5.41, 5.74) is 0.953. The fourth-order valence-corrected chi connectivity index (χ4v) is 1.40. The number of carbonyl (C=O) groups is 1. The second-order valence-corrected chi connectivity index (χ2v) is 5.08. The Morgan fingerprint density at radius 3 is 2.36 bits per heavy atom. The maximum absolute atomic E-state index is 11.1. The highest BCUT2D eigenvalue weighted by Gasteiger charge is 2.29. The lowest BCUT2D eigenvalue weighted by Crippen LogP contribution is -2.12. The Kier molecular flexibility index (Phi) is 3.35. The third-order valence-electron chi connectivity index (χ3n) is 1.55. The molecule has 0 aliphatic carbocycles. The molecule has 0 atom stereocenters. The van der Waals surface area contributed by atoms with Gasteiger partial charge in [-0.2, -0.15) is 5.10 Å². The Labute approximate surface area is 96.4 Å². The number of halogens is 3. The molecule has 6 heteroatoms. The molecular formula is C8H7Cl3N2O. The lowest BCUT2D eigenvalue weighted by Gasteiger charge is -2.13. The van der Waals surface area contributed by atoms with E-state index in [1.807, 2.05) is 0 Å². The third-order valence-corrected chi connectivity index (χ3v) is 2.17. The van der Waals surface area contributed by atoms with Crippen LogP contribution in [0.4, 0.5) is 0 Å². The number of carbonyl (C=O) groups excluding carboxylic acids is 1. The molecule has 1 rings (SSSR count). The maximum Gasteiger partial charge on any atom is 0.218 e. The van der Waals surface area contributed by atoms with Crippen LogP contribution in [0.5, 0.6) is 0 Å². The van der Waals surface area contributed by atoms with Crippen molar-refractivity contribution in [2.75, 3.05) is 0 Å². The fraction of sp³-hybridized carbons (Fsp3) is 0.375. The zero-order valence-electron chi connectivity index (χ0n) is 7.51. The zero-order valence-corrected chi connectivity index (χ0v) is 9.78. The average Bonchev–Trinajstić information content (AvgIpc) is 2.01. The minimum Gasteiger partial charge on any atom is -0.293 e. The van der Waals surface area contributed by atoms with Crippen molar-refractivity contribution in [1.29, 1.82) is 0 Å². The van der Waals surface area contributed by atoms with Crippen LogP contribution in [0.2, 0.25) is 0 Å². The quantitative estimate of drug-likeness (QED) is 0.571. The van der Waals surface area contributed by atoms with Gasteiger partial charge in [0, 0.05) is 12.5 Å². The molecule has 76 valence electrons. The normalized spacial score (nSPS) is 11.5. The van der Waals surface area contributed by atoms with Crippen molar-refractivity contribution in [3.63, 3.8) is 0 Å². The molecule has 0 saturated carbocycles. The highest BCUT2D eigenvalue weighted by Crippen LogP contribution is 2.39. The minimum absolute atomic E-state index is 0.0931. The molecule has 0 radical (unpaired) electrons. The van der Waals surface area contributed by atoms with E-state index in [0.717, 1.165) is 0 Å². The first-order valence-corrected chi connectivity index (χ1v) is 4.88. The van der Waals surface area contributed by atoms with Crippen LogP contribution in [0, 0.1) is 6.92 Å². The molecule has 1 aromatic heterocycles. The molecule has 0 aromatic carbocycles. The van der Waals surface area contributed by atoms with Gasteiger partial charge >= 0.3 is 0 Å². The van der Waals surface area contributed by atoms with Gasteiger partial charge in [-0.15, -0.1) is 5.10 Å². The highest BCUT2D eigenvalue weighted by atomic mass is 35.6. The SMILES string of the molecule is CC(=O)c1nnc(C)cc1C(Cl)(Cl)Cl. The van der Waals surface area contributed by atoms with Crippen molar-refractivity contribution >= 4 is 40.6 Å². The number of nitrogens with zero attached hydrogens (tertiary/aromatic N) is 2. The number of hydrogen-bond acceptors (Lipinski definition) is 3. The fourth-order valence-electron chi connectivity index (χ4n) is 0.965. The number of hydrogen-bond donors (Lipinski definition) is 0. The predicted molar refractivity (Wildman–Crippen MR) is 56.0 cm³/mol. The summed E-state index contributed by atoms with van der Waals surface area (Å²) < 4.78 is -1.65. The summed E-state index contributed by atoms with van der Waals surface area (Å²) in [6.07, 6.45) is 0. The van der Waals surface area contributed by atoms with Crippen molar-refractivity contribution in [3.05, 3.63) is 23.0 Å². The van der Waals surface area contributed by atoms with Gasteiger partial charge in [-0.3, -0.25) is 4.79 Å². The summed E-state index contributed by atoms with van der Waals surface area (Å²) in [4.78, 5) is 11.1. The van der Waals surface area contributed by atoms with Crippen molar-refractivity contribution in [2.24, 2.45) is 0 Å². The van der Waals surface area contributed by atoms with Crippen LogP contribution in [0.3, 0.4) is 0 Å². The Morgan fingerprint density at radius 2 is 1.93 bits per heavy atom. The summed E-state index contributed by atoms with van der Waals surface area (Å²) in [6.45, 7) is 3.05. The second-order valence-electron chi connectivity index (χ2n) is 2.80. The van der Waals surface area contributed by atoms with E-state index in [-0.39, 0.29) is 17.0 Å². The molecule has 0 aliphatic heterocycles. The van der Waals surface area contributed by atoms with Gasteiger partial charge in [-0.1, -0.05) is 34.8 Å². The van der Waals surface area contributed by atoms with Gasteiger partial charge < -0.3 is 0 Å². The summed E-state index contributed by atoms with van der Waals surface area (Å²) in [6, 6.07) is 1.54. The van der Waals surface area contributed by atoms with Gasteiger partial charge in [-0.05, 0) is 13.0 Å². The van der Waals surface area contributed by atoms with Gasteiger partial charge in [0.2, 0.25) is 3.79 Å². The van der Waals surface area contributed by atoms with Crippen LogP contribution in [0.25, 0.3) is 0 Å². The van der Waals surface area contributed by atoms with Crippen LogP contribution in [0.15, 0.2) is 6.07 Å². The molecule has 1 heterocycles. The van der Waals surface area contributed by atoms with Gasteiger partial charge in [0.1, 0.15) is 5.69 Å². The number of aryl methyl sites for hydroxylation is 1. The monoisotopic (exact) mass is 252 g/mol. The van der Waals surface area contributed by atoms with E-state index in [0.29, 0.717) is 5.69 Å². The standard InChI is InChI=1S/C8H7Cl3N2O/c1-4-3-6(8(9,10)11)7(5(2)14)13-12-4/h3H,1-2H3. The molecule has 0 amide bonds. The molecule has 3 nitrogen and oxygen atoms in total. The Bertz CT molecular complexity index is 373. The molecule has 0 unspecified atom stereocenters. The number of alkyl halides is 3.